The Kier molecular flexibility index (Phi) is 4.46. The van der Waals surface area contributed by atoms with E-state index in [1.54, 1.807) is 7.11 Å². The van der Waals surface area contributed by atoms with Gasteiger partial charge in [-0.3, -0.25) is 5.10 Å². The summed E-state index contributed by atoms with van der Waals surface area (Å²) in [6.07, 6.45) is 1.82. The predicted octanol–water partition coefficient (Wildman–Crippen LogP) is 4.51. The van der Waals surface area contributed by atoms with Crippen LogP contribution in [-0.2, 0) is 0 Å². The molecule has 0 saturated heterocycles. The lowest BCUT2D eigenvalue weighted by Crippen LogP contribution is -2.09. The molecule has 4 rings (SSSR count). The number of hydrogen-bond donors (Lipinski definition) is 2. The van der Waals surface area contributed by atoms with Gasteiger partial charge in [0.1, 0.15) is 17.4 Å². The highest BCUT2D eigenvalue weighted by Crippen LogP contribution is 2.26. The Bertz CT molecular complexity index is 1090. The summed E-state index contributed by atoms with van der Waals surface area (Å²) in [5, 5.41) is 11.6. The number of nitrogens with zero attached hydrogens (tertiary/aromatic N) is 3. The molecule has 0 aliphatic rings. The largest absolute Gasteiger partial charge is 0.497 e. The van der Waals surface area contributed by atoms with Crippen molar-refractivity contribution >= 4 is 16.7 Å². The van der Waals surface area contributed by atoms with Gasteiger partial charge in [0.15, 0.2) is 0 Å². The number of ether oxygens (including phenoxy) is 1. The molecular formula is C21H21N5O. The number of hydrogen-bond acceptors (Lipinski definition) is 5. The second kappa shape index (κ2) is 7.07. The van der Waals surface area contributed by atoms with Crippen molar-refractivity contribution < 1.29 is 4.74 Å². The van der Waals surface area contributed by atoms with Crippen LogP contribution in [0.1, 0.15) is 24.4 Å². The van der Waals surface area contributed by atoms with Crippen molar-refractivity contribution in [1.82, 2.24) is 20.2 Å². The van der Waals surface area contributed by atoms with Crippen LogP contribution in [0.4, 0.5) is 5.82 Å². The number of nitrogens with one attached hydrogen (secondary N) is 2. The summed E-state index contributed by atoms with van der Waals surface area (Å²) in [4.78, 5) is 9.15. The summed E-state index contributed by atoms with van der Waals surface area (Å²) in [7, 11) is 1.67. The van der Waals surface area contributed by atoms with E-state index in [1.807, 2.05) is 49.5 Å². The fourth-order valence-electron chi connectivity index (χ4n) is 3.11. The van der Waals surface area contributed by atoms with Crippen molar-refractivity contribution in [2.45, 2.75) is 19.9 Å². The molecule has 0 fully saturated rings. The molecule has 6 heteroatoms. The average molecular weight is 359 g/mol. The van der Waals surface area contributed by atoms with Gasteiger partial charge < -0.3 is 10.1 Å². The average Bonchev–Trinajstić information content (AvgIpc) is 3.15. The smallest absolute Gasteiger partial charge is 0.130 e. The van der Waals surface area contributed by atoms with E-state index < -0.39 is 0 Å². The number of rotatable bonds is 5. The van der Waals surface area contributed by atoms with Crippen LogP contribution in [0.2, 0.25) is 0 Å². The highest BCUT2D eigenvalue weighted by atomic mass is 16.5. The van der Waals surface area contributed by atoms with Gasteiger partial charge in [-0.25, -0.2) is 9.97 Å². The summed E-state index contributed by atoms with van der Waals surface area (Å²) in [6.45, 7) is 4.00. The van der Waals surface area contributed by atoms with Crippen LogP contribution in [0.5, 0.6) is 5.75 Å². The molecule has 1 atom stereocenters. The first kappa shape index (κ1) is 17.0. The van der Waals surface area contributed by atoms with Gasteiger partial charge in [-0.05, 0) is 43.7 Å². The third kappa shape index (κ3) is 3.60. The quantitative estimate of drug-likeness (QED) is 0.548. The molecule has 136 valence electrons. The molecule has 0 amide bonds. The lowest BCUT2D eigenvalue weighted by atomic mass is 10.1. The Morgan fingerprint density at radius 2 is 1.96 bits per heavy atom. The summed E-state index contributed by atoms with van der Waals surface area (Å²) < 4.78 is 5.32. The molecule has 0 radical (unpaired) electrons. The maximum absolute atomic E-state index is 5.32. The van der Waals surface area contributed by atoms with Gasteiger partial charge in [-0.2, -0.15) is 5.10 Å². The second-order valence-corrected chi connectivity index (χ2v) is 6.50. The highest BCUT2D eigenvalue weighted by molar-refractivity contribution is 5.83. The van der Waals surface area contributed by atoms with Gasteiger partial charge in [0, 0.05) is 17.0 Å². The van der Waals surface area contributed by atoms with Crippen LogP contribution in [0.3, 0.4) is 0 Å². The van der Waals surface area contributed by atoms with E-state index in [1.165, 1.54) is 0 Å². The molecule has 4 aromatic rings. The maximum Gasteiger partial charge on any atom is 0.130 e. The van der Waals surface area contributed by atoms with Crippen LogP contribution in [0.15, 0.2) is 54.7 Å². The Morgan fingerprint density at radius 1 is 1.07 bits per heavy atom. The first-order valence-electron chi connectivity index (χ1n) is 8.82. The zero-order chi connectivity index (χ0) is 18.8. The van der Waals surface area contributed by atoms with E-state index in [4.69, 9.17) is 4.74 Å². The Balaban J connectivity index is 1.63. The molecule has 1 unspecified atom stereocenters. The van der Waals surface area contributed by atoms with E-state index in [0.717, 1.165) is 45.1 Å². The third-order valence-corrected chi connectivity index (χ3v) is 4.53. The number of benzene rings is 2. The predicted molar refractivity (Wildman–Crippen MR) is 107 cm³/mol. The molecule has 2 N–H and O–H groups in total. The van der Waals surface area contributed by atoms with Gasteiger partial charge in [0.2, 0.25) is 0 Å². The molecule has 0 saturated carbocycles. The number of anilines is 1. The standard InChI is InChI=1S/C21H21N5O/c1-13(15-5-4-6-18(10-15)27-3)23-21-11-20(24-14(2)25-21)16-7-8-19-17(9-16)12-22-26-19/h4-13H,1-3H3,(H,22,26)(H,23,24,25). The van der Waals surface area contributed by atoms with Crippen LogP contribution >= 0.6 is 0 Å². The van der Waals surface area contributed by atoms with Crippen LogP contribution in [0, 0.1) is 6.92 Å². The Labute approximate surface area is 157 Å². The number of H-pyrrole nitrogens is 1. The fourth-order valence-corrected chi connectivity index (χ4v) is 3.11. The minimum absolute atomic E-state index is 0.0820. The minimum Gasteiger partial charge on any atom is -0.497 e. The normalized spacial score (nSPS) is 12.1. The summed E-state index contributed by atoms with van der Waals surface area (Å²) in [5.74, 6) is 2.36. The fraction of sp³-hybridized carbons (Fsp3) is 0.190. The number of aromatic nitrogens is 4. The SMILES string of the molecule is COc1cccc(C(C)Nc2cc(-c3ccc4[nH]ncc4c3)nc(C)n2)c1. The number of aryl methyl sites for hydroxylation is 1. The van der Waals surface area contributed by atoms with Crippen molar-refractivity contribution in [2.24, 2.45) is 0 Å². The molecule has 0 aliphatic carbocycles. The lowest BCUT2D eigenvalue weighted by molar-refractivity contribution is 0.414. The molecule has 2 aromatic heterocycles. The van der Waals surface area contributed by atoms with E-state index in [0.29, 0.717) is 0 Å². The van der Waals surface area contributed by atoms with Gasteiger partial charge in [0.05, 0.1) is 30.6 Å². The van der Waals surface area contributed by atoms with Gasteiger partial charge >= 0.3 is 0 Å². The summed E-state index contributed by atoms with van der Waals surface area (Å²) in [6, 6.07) is 16.2. The molecule has 0 spiro atoms. The molecule has 0 bridgehead atoms. The van der Waals surface area contributed by atoms with Crippen LogP contribution in [0.25, 0.3) is 22.2 Å². The van der Waals surface area contributed by atoms with Gasteiger partial charge in [-0.15, -0.1) is 0 Å². The monoisotopic (exact) mass is 359 g/mol. The first-order chi connectivity index (χ1) is 13.1. The molecular weight excluding hydrogens is 338 g/mol. The zero-order valence-corrected chi connectivity index (χ0v) is 15.5. The minimum atomic E-state index is 0.0820. The zero-order valence-electron chi connectivity index (χ0n) is 15.5. The van der Waals surface area contributed by atoms with Crippen molar-refractivity contribution in [1.29, 1.82) is 0 Å². The number of aromatic amines is 1. The van der Waals surface area contributed by atoms with Crippen LogP contribution < -0.4 is 10.1 Å². The van der Waals surface area contributed by atoms with Crippen molar-refractivity contribution in [3.63, 3.8) is 0 Å². The molecule has 27 heavy (non-hydrogen) atoms. The van der Waals surface area contributed by atoms with E-state index in [9.17, 15) is 0 Å². The van der Waals surface area contributed by atoms with Gasteiger partial charge in [0.25, 0.3) is 0 Å². The molecule has 0 aliphatic heterocycles. The second-order valence-electron chi connectivity index (χ2n) is 6.50. The molecule has 2 aromatic carbocycles. The highest BCUT2D eigenvalue weighted by Gasteiger charge is 2.10. The molecule has 6 nitrogen and oxygen atoms in total. The van der Waals surface area contributed by atoms with Gasteiger partial charge in [-0.1, -0.05) is 18.2 Å². The Hall–Kier alpha value is -3.41. The summed E-state index contributed by atoms with van der Waals surface area (Å²) >= 11 is 0. The number of methoxy groups -OCH3 is 1. The Morgan fingerprint density at radius 3 is 2.81 bits per heavy atom. The summed E-state index contributed by atoms with van der Waals surface area (Å²) in [5.41, 5.74) is 4.05. The van der Waals surface area contributed by atoms with Crippen LogP contribution in [-0.4, -0.2) is 27.3 Å². The topological polar surface area (TPSA) is 75.7 Å². The van der Waals surface area contributed by atoms with Crippen molar-refractivity contribution in [2.75, 3.05) is 12.4 Å². The lowest BCUT2D eigenvalue weighted by Gasteiger charge is -2.16. The van der Waals surface area contributed by atoms with E-state index in [-0.39, 0.29) is 6.04 Å². The third-order valence-electron chi connectivity index (χ3n) is 4.53. The first-order valence-corrected chi connectivity index (χ1v) is 8.82. The van der Waals surface area contributed by atoms with Crippen molar-refractivity contribution in [3.8, 4) is 17.0 Å². The maximum atomic E-state index is 5.32. The van der Waals surface area contributed by atoms with E-state index in [2.05, 4.69) is 44.5 Å². The molecule has 2 heterocycles. The van der Waals surface area contributed by atoms with Crippen molar-refractivity contribution in [3.05, 3.63) is 66.1 Å². The number of fused-ring (bicyclic) bond motifs is 1. The van der Waals surface area contributed by atoms with E-state index >= 15 is 0 Å².